The lowest BCUT2D eigenvalue weighted by Gasteiger charge is -2.38. The van der Waals surface area contributed by atoms with Crippen LogP contribution in [0.5, 0.6) is 0 Å². The van der Waals surface area contributed by atoms with Crippen LogP contribution in [0, 0.1) is 0 Å². The van der Waals surface area contributed by atoms with Crippen LogP contribution in [-0.4, -0.2) is 44.9 Å². The minimum absolute atomic E-state index is 0.0131. The van der Waals surface area contributed by atoms with Gasteiger partial charge in [-0.05, 0) is 19.1 Å². The highest BCUT2D eigenvalue weighted by atomic mass is 32.2. The van der Waals surface area contributed by atoms with Crippen LogP contribution in [-0.2, 0) is 0 Å². The van der Waals surface area contributed by atoms with Crippen LogP contribution in [0.4, 0.5) is 5.82 Å². The third-order valence-electron chi connectivity index (χ3n) is 3.05. The summed E-state index contributed by atoms with van der Waals surface area (Å²) in [5, 5.41) is 17.0. The highest BCUT2D eigenvalue weighted by Crippen LogP contribution is 2.27. The molecule has 5 nitrogen and oxygen atoms in total. The largest absolute Gasteiger partial charge is 0.476 e. The first-order chi connectivity index (χ1) is 8.09. The fourth-order valence-electron chi connectivity index (χ4n) is 1.85. The second kappa shape index (κ2) is 4.91. The Kier molecular flexibility index (Phi) is 3.51. The van der Waals surface area contributed by atoms with Crippen LogP contribution >= 0.6 is 11.8 Å². The molecule has 0 spiro atoms. The number of rotatable bonds is 2. The minimum Gasteiger partial charge on any atom is -0.476 e. The van der Waals surface area contributed by atoms with Crippen molar-refractivity contribution >= 4 is 23.5 Å². The van der Waals surface area contributed by atoms with Gasteiger partial charge < -0.3 is 10.0 Å². The number of aromatic nitrogens is 2. The van der Waals surface area contributed by atoms with E-state index in [0.29, 0.717) is 11.3 Å². The number of carboxylic acids is 1. The zero-order chi connectivity index (χ0) is 12.4. The molecule has 0 radical (unpaired) electrons. The molecule has 1 N–H and O–H groups in total. The molecular weight excluding hydrogens is 238 g/mol. The van der Waals surface area contributed by atoms with Crippen molar-refractivity contribution in [2.75, 3.05) is 17.2 Å². The van der Waals surface area contributed by atoms with Crippen molar-refractivity contribution < 1.29 is 9.90 Å². The van der Waals surface area contributed by atoms with Gasteiger partial charge in [-0.2, -0.15) is 11.8 Å². The quantitative estimate of drug-likeness (QED) is 0.861. The molecule has 0 saturated carbocycles. The number of thioether (sulfide) groups is 1. The summed E-state index contributed by atoms with van der Waals surface area (Å²) in [7, 11) is 0. The minimum atomic E-state index is -1.04. The van der Waals surface area contributed by atoms with Crippen LogP contribution in [0.1, 0.15) is 24.3 Å². The molecule has 2 atom stereocenters. The average molecular weight is 253 g/mol. The summed E-state index contributed by atoms with van der Waals surface area (Å²) in [5.74, 6) is 0.780. The molecule has 92 valence electrons. The molecule has 0 bridgehead atoms. The van der Waals surface area contributed by atoms with E-state index in [9.17, 15) is 4.79 Å². The molecule has 0 aliphatic carbocycles. The van der Waals surface area contributed by atoms with E-state index < -0.39 is 5.97 Å². The Morgan fingerprint density at radius 1 is 1.47 bits per heavy atom. The predicted octanol–water partition coefficient (Wildman–Crippen LogP) is 1.50. The molecule has 17 heavy (non-hydrogen) atoms. The lowest BCUT2D eigenvalue weighted by Crippen LogP contribution is -2.45. The summed E-state index contributed by atoms with van der Waals surface area (Å²) in [4.78, 5) is 12.9. The van der Waals surface area contributed by atoms with Crippen molar-refractivity contribution in [1.29, 1.82) is 0 Å². The molecule has 2 rings (SSSR count). The lowest BCUT2D eigenvalue weighted by atomic mass is 10.2. The SMILES string of the molecule is CC1SCCN(c2ccc(C(=O)O)nn2)C1C. The first-order valence-electron chi connectivity index (χ1n) is 5.55. The van der Waals surface area contributed by atoms with Gasteiger partial charge >= 0.3 is 5.97 Å². The lowest BCUT2D eigenvalue weighted by molar-refractivity contribution is 0.0689. The van der Waals surface area contributed by atoms with Gasteiger partial charge in [0.15, 0.2) is 11.5 Å². The van der Waals surface area contributed by atoms with E-state index in [0.717, 1.165) is 18.1 Å². The molecule has 1 aromatic rings. The van der Waals surface area contributed by atoms with Crippen LogP contribution < -0.4 is 4.90 Å². The van der Waals surface area contributed by atoms with Crippen LogP contribution in [0.2, 0.25) is 0 Å². The number of carbonyl (C=O) groups is 1. The molecule has 1 aromatic heterocycles. The van der Waals surface area contributed by atoms with E-state index in [1.807, 2.05) is 11.8 Å². The Hall–Kier alpha value is -1.30. The van der Waals surface area contributed by atoms with Crippen LogP contribution in [0.25, 0.3) is 0 Å². The standard InChI is InChI=1S/C11H15N3O2S/c1-7-8(2)17-6-5-14(7)10-4-3-9(11(15)16)12-13-10/h3-4,7-8H,5-6H2,1-2H3,(H,15,16). The molecule has 1 aliphatic heterocycles. The van der Waals surface area contributed by atoms with E-state index in [-0.39, 0.29) is 5.69 Å². The van der Waals surface area contributed by atoms with Gasteiger partial charge in [-0.25, -0.2) is 4.79 Å². The van der Waals surface area contributed by atoms with Crippen molar-refractivity contribution in [2.45, 2.75) is 25.1 Å². The number of aromatic carboxylic acids is 1. The highest BCUT2D eigenvalue weighted by Gasteiger charge is 2.26. The number of anilines is 1. The monoisotopic (exact) mass is 253 g/mol. The molecule has 2 unspecified atom stereocenters. The van der Waals surface area contributed by atoms with E-state index in [4.69, 9.17) is 5.11 Å². The summed E-state index contributed by atoms with van der Waals surface area (Å²) in [6, 6.07) is 3.62. The molecule has 1 fully saturated rings. The van der Waals surface area contributed by atoms with Crippen LogP contribution in [0.15, 0.2) is 12.1 Å². The van der Waals surface area contributed by atoms with E-state index in [1.54, 1.807) is 6.07 Å². The van der Waals surface area contributed by atoms with Gasteiger partial charge in [0.25, 0.3) is 0 Å². The Bertz CT molecular complexity index is 410. The van der Waals surface area contributed by atoms with Crippen molar-refractivity contribution in [3.05, 3.63) is 17.8 Å². The molecule has 6 heteroatoms. The van der Waals surface area contributed by atoms with Gasteiger partial charge in [0.05, 0.1) is 0 Å². The van der Waals surface area contributed by atoms with Crippen molar-refractivity contribution in [2.24, 2.45) is 0 Å². The Morgan fingerprint density at radius 3 is 2.82 bits per heavy atom. The fraction of sp³-hybridized carbons (Fsp3) is 0.545. The van der Waals surface area contributed by atoms with E-state index in [2.05, 4.69) is 28.9 Å². The average Bonchev–Trinajstić information content (AvgIpc) is 2.33. The summed E-state index contributed by atoms with van der Waals surface area (Å²) < 4.78 is 0. The first-order valence-corrected chi connectivity index (χ1v) is 6.59. The Morgan fingerprint density at radius 2 is 2.24 bits per heavy atom. The molecule has 1 saturated heterocycles. The van der Waals surface area contributed by atoms with E-state index >= 15 is 0 Å². The third-order valence-corrected chi connectivity index (χ3v) is 4.39. The molecule has 0 aromatic carbocycles. The Balaban J connectivity index is 2.19. The molecular formula is C11H15N3O2S. The van der Waals surface area contributed by atoms with Gasteiger partial charge in [-0.15, -0.1) is 10.2 Å². The maximum absolute atomic E-state index is 10.7. The molecule has 0 amide bonds. The van der Waals surface area contributed by atoms with Gasteiger partial charge in [0.2, 0.25) is 0 Å². The zero-order valence-corrected chi connectivity index (χ0v) is 10.6. The molecule has 2 heterocycles. The second-order valence-corrected chi connectivity index (χ2v) is 5.58. The van der Waals surface area contributed by atoms with Gasteiger partial charge in [-0.3, -0.25) is 0 Å². The zero-order valence-electron chi connectivity index (χ0n) is 9.83. The van der Waals surface area contributed by atoms with Crippen molar-refractivity contribution in [3.63, 3.8) is 0 Å². The topological polar surface area (TPSA) is 66.3 Å². The van der Waals surface area contributed by atoms with E-state index in [1.165, 1.54) is 6.07 Å². The van der Waals surface area contributed by atoms with Gasteiger partial charge in [0.1, 0.15) is 0 Å². The summed E-state index contributed by atoms with van der Waals surface area (Å²) in [5.41, 5.74) is -0.0131. The van der Waals surface area contributed by atoms with Gasteiger partial charge in [-0.1, -0.05) is 6.92 Å². The Labute approximate surface area is 104 Å². The van der Waals surface area contributed by atoms with Gasteiger partial charge in [0, 0.05) is 23.6 Å². The number of hydrogen-bond donors (Lipinski definition) is 1. The number of carboxylic acid groups (broad SMARTS) is 1. The normalized spacial score (nSPS) is 24.7. The van der Waals surface area contributed by atoms with Crippen molar-refractivity contribution in [1.82, 2.24) is 10.2 Å². The number of nitrogens with zero attached hydrogens (tertiary/aromatic N) is 3. The summed E-state index contributed by atoms with van der Waals surface area (Å²) >= 11 is 1.95. The van der Waals surface area contributed by atoms with Crippen LogP contribution in [0.3, 0.4) is 0 Å². The highest BCUT2D eigenvalue weighted by molar-refractivity contribution is 8.00. The maximum Gasteiger partial charge on any atom is 0.356 e. The van der Waals surface area contributed by atoms with Crippen molar-refractivity contribution in [3.8, 4) is 0 Å². The second-order valence-electron chi connectivity index (χ2n) is 4.09. The summed E-state index contributed by atoms with van der Waals surface area (Å²) in [6.45, 7) is 5.28. The summed E-state index contributed by atoms with van der Waals surface area (Å²) in [6.07, 6.45) is 0. The first kappa shape index (κ1) is 12.2. The number of hydrogen-bond acceptors (Lipinski definition) is 5. The smallest absolute Gasteiger partial charge is 0.356 e. The molecule has 1 aliphatic rings. The maximum atomic E-state index is 10.7. The fourth-order valence-corrected chi connectivity index (χ4v) is 2.95. The third kappa shape index (κ3) is 2.52. The predicted molar refractivity (Wildman–Crippen MR) is 67.7 cm³/mol.